The van der Waals surface area contributed by atoms with Crippen molar-refractivity contribution in [3.05, 3.63) is 93.5 Å². The number of aromatic hydroxyl groups is 1. The lowest BCUT2D eigenvalue weighted by Gasteiger charge is -2.12. The summed E-state index contributed by atoms with van der Waals surface area (Å²) in [6.07, 6.45) is 0.647. The highest BCUT2D eigenvalue weighted by Crippen LogP contribution is 2.36. The van der Waals surface area contributed by atoms with Gasteiger partial charge in [-0.25, -0.2) is 5.53 Å². The number of hydrogen-bond donors (Lipinski definition) is 2. The van der Waals surface area contributed by atoms with Crippen LogP contribution in [0.25, 0.3) is 11.1 Å². The Bertz CT molecular complexity index is 956. The third-order valence-corrected chi connectivity index (χ3v) is 4.12. The molecule has 0 aliphatic carbocycles. The molecule has 0 aliphatic rings. The molecule has 2 N–H and O–H groups in total. The molecule has 0 saturated heterocycles. The molecular formula is C20H17N3O3. The normalized spacial score (nSPS) is 10.5. The zero-order valence-electron chi connectivity index (χ0n) is 13.9. The van der Waals surface area contributed by atoms with Gasteiger partial charge in [-0.15, -0.1) is 0 Å². The standard InChI is InChI=1S/C20H17N3O3/c21-22-13-17-10-15(9-14-5-2-1-3-6-14)11-19(20(17)24)16-7-4-8-18(12-16)23(25)26/h1-8,10-12,21,24H,9,13H2. The average Bonchev–Trinajstić information content (AvgIpc) is 2.65. The number of non-ortho nitro benzene ring substituents is 1. The third kappa shape index (κ3) is 3.75. The summed E-state index contributed by atoms with van der Waals surface area (Å²) in [5, 5.41) is 25.0. The minimum atomic E-state index is -0.464. The van der Waals surface area contributed by atoms with Gasteiger partial charge < -0.3 is 5.11 Å². The first-order valence-electron chi connectivity index (χ1n) is 8.05. The lowest BCUT2D eigenvalue weighted by molar-refractivity contribution is -0.384. The van der Waals surface area contributed by atoms with Crippen LogP contribution < -0.4 is 0 Å². The lowest BCUT2D eigenvalue weighted by Crippen LogP contribution is -1.95. The molecule has 0 amide bonds. The first kappa shape index (κ1) is 17.3. The van der Waals surface area contributed by atoms with E-state index >= 15 is 0 Å². The van der Waals surface area contributed by atoms with E-state index in [-0.39, 0.29) is 18.0 Å². The van der Waals surface area contributed by atoms with Crippen molar-refractivity contribution in [2.24, 2.45) is 5.11 Å². The predicted molar refractivity (Wildman–Crippen MR) is 98.3 cm³/mol. The summed E-state index contributed by atoms with van der Waals surface area (Å²) in [6.45, 7) is 0.0520. The SMILES string of the molecule is N=NCc1cc(Cc2ccccc2)cc(-c2cccc([N+](=O)[O-])c2)c1O. The van der Waals surface area contributed by atoms with Crippen LogP contribution in [-0.4, -0.2) is 10.0 Å². The van der Waals surface area contributed by atoms with Crippen LogP contribution in [0.1, 0.15) is 16.7 Å². The molecule has 6 heteroatoms. The molecule has 0 aliphatic heterocycles. The van der Waals surface area contributed by atoms with Crippen LogP contribution in [0.15, 0.2) is 71.8 Å². The Labute approximate surface area is 150 Å². The number of phenols is 1. The smallest absolute Gasteiger partial charge is 0.270 e. The van der Waals surface area contributed by atoms with Crippen LogP contribution in [0, 0.1) is 15.6 Å². The fourth-order valence-corrected chi connectivity index (χ4v) is 2.91. The molecule has 0 saturated carbocycles. The van der Waals surface area contributed by atoms with Gasteiger partial charge in [-0.2, -0.15) is 5.11 Å². The minimum Gasteiger partial charge on any atom is -0.507 e. The minimum absolute atomic E-state index is 0.00157. The topological polar surface area (TPSA) is 99.6 Å². The molecule has 0 radical (unpaired) electrons. The first-order chi connectivity index (χ1) is 12.6. The van der Waals surface area contributed by atoms with Gasteiger partial charge in [-0.3, -0.25) is 10.1 Å². The van der Waals surface area contributed by atoms with Crippen molar-refractivity contribution in [2.75, 3.05) is 0 Å². The van der Waals surface area contributed by atoms with E-state index in [0.717, 1.165) is 11.1 Å². The number of nitro groups is 1. The molecule has 6 nitrogen and oxygen atoms in total. The fraction of sp³-hybridized carbons (Fsp3) is 0.100. The molecular weight excluding hydrogens is 330 g/mol. The lowest BCUT2D eigenvalue weighted by atomic mass is 9.95. The summed E-state index contributed by atoms with van der Waals surface area (Å²) < 4.78 is 0. The summed E-state index contributed by atoms with van der Waals surface area (Å²) in [5.41, 5.74) is 10.7. The van der Waals surface area contributed by atoms with E-state index in [9.17, 15) is 15.2 Å². The Balaban J connectivity index is 2.10. The van der Waals surface area contributed by atoms with E-state index in [2.05, 4.69) is 5.11 Å². The number of nitro benzene ring substituents is 1. The van der Waals surface area contributed by atoms with Crippen molar-refractivity contribution < 1.29 is 10.0 Å². The van der Waals surface area contributed by atoms with Crippen molar-refractivity contribution in [1.29, 1.82) is 5.53 Å². The number of benzene rings is 3. The van der Waals surface area contributed by atoms with Crippen molar-refractivity contribution in [1.82, 2.24) is 0 Å². The summed E-state index contributed by atoms with van der Waals surface area (Å²) in [5.74, 6) is -0.00157. The van der Waals surface area contributed by atoms with E-state index in [4.69, 9.17) is 5.53 Å². The molecule has 26 heavy (non-hydrogen) atoms. The van der Waals surface area contributed by atoms with E-state index < -0.39 is 4.92 Å². The van der Waals surface area contributed by atoms with Crippen molar-refractivity contribution in [3.8, 4) is 16.9 Å². The van der Waals surface area contributed by atoms with Crippen molar-refractivity contribution >= 4 is 5.69 Å². The maximum Gasteiger partial charge on any atom is 0.270 e. The van der Waals surface area contributed by atoms with Gasteiger partial charge in [-0.05, 0) is 35.2 Å². The molecule has 0 fully saturated rings. The first-order valence-corrected chi connectivity index (χ1v) is 8.05. The Kier molecular flexibility index (Phi) is 5.03. The fourth-order valence-electron chi connectivity index (χ4n) is 2.91. The van der Waals surface area contributed by atoms with Crippen LogP contribution in [0.2, 0.25) is 0 Å². The molecule has 0 spiro atoms. The molecule has 3 aromatic rings. The molecule has 0 aromatic heterocycles. The Morgan fingerprint density at radius 2 is 1.77 bits per heavy atom. The molecule has 0 unspecified atom stereocenters. The second-order valence-electron chi connectivity index (χ2n) is 5.94. The van der Waals surface area contributed by atoms with Gasteiger partial charge in [0.1, 0.15) is 5.75 Å². The highest BCUT2D eigenvalue weighted by molar-refractivity contribution is 5.74. The molecule has 3 aromatic carbocycles. The summed E-state index contributed by atoms with van der Waals surface area (Å²) in [4.78, 5) is 10.6. The summed E-state index contributed by atoms with van der Waals surface area (Å²) in [7, 11) is 0. The average molecular weight is 347 g/mol. The second kappa shape index (κ2) is 7.57. The molecule has 130 valence electrons. The highest BCUT2D eigenvalue weighted by atomic mass is 16.6. The van der Waals surface area contributed by atoms with Gasteiger partial charge in [0.2, 0.25) is 0 Å². The number of nitrogens with zero attached hydrogens (tertiary/aromatic N) is 2. The van der Waals surface area contributed by atoms with Crippen molar-refractivity contribution in [2.45, 2.75) is 13.0 Å². The summed E-state index contributed by atoms with van der Waals surface area (Å²) in [6, 6.07) is 19.7. The van der Waals surface area contributed by atoms with E-state index in [1.807, 2.05) is 42.5 Å². The largest absolute Gasteiger partial charge is 0.507 e. The van der Waals surface area contributed by atoms with Crippen molar-refractivity contribution in [3.63, 3.8) is 0 Å². The number of hydrogen-bond acceptors (Lipinski definition) is 5. The monoisotopic (exact) mass is 347 g/mol. The Morgan fingerprint density at radius 1 is 1.00 bits per heavy atom. The Hall–Kier alpha value is -3.54. The number of phenolic OH excluding ortho intramolecular Hbond substituents is 1. The zero-order valence-corrected chi connectivity index (χ0v) is 13.9. The summed E-state index contributed by atoms with van der Waals surface area (Å²) >= 11 is 0. The Morgan fingerprint density at radius 3 is 2.46 bits per heavy atom. The van der Waals surface area contributed by atoms with Crippen LogP contribution >= 0.6 is 0 Å². The second-order valence-corrected chi connectivity index (χ2v) is 5.94. The van der Waals surface area contributed by atoms with Gasteiger partial charge in [0.15, 0.2) is 0 Å². The van der Waals surface area contributed by atoms with Crippen LogP contribution in [0.5, 0.6) is 5.75 Å². The van der Waals surface area contributed by atoms with E-state index in [1.54, 1.807) is 12.1 Å². The predicted octanol–water partition coefficient (Wildman–Crippen LogP) is 5.09. The third-order valence-electron chi connectivity index (χ3n) is 4.12. The van der Waals surface area contributed by atoms with Crippen LogP contribution in [0.4, 0.5) is 5.69 Å². The van der Waals surface area contributed by atoms with Gasteiger partial charge in [0.05, 0.1) is 11.5 Å². The maximum atomic E-state index is 11.1. The van der Waals surface area contributed by atoms with Crippen LogP contribution in [-0.2, 0) is 13.0 Å². The number of rotatable bonds is 6. The van der Waals surface area contributed by atoms with Gasteiger partial charge >= 0.3 is 0 Å². The maximum absolute atomic E-state index is 11.1. The van der Waals surface area contributed by atoms with Gasteiger partial charge in [-0.1, -0.05) is 42.5 Å². The molecule has 0 bridgehead atoms. The van der Waals surface area contributed by atoms with Gasteiger partial charge in [0, 0.05) is 23.3 Å². The van der Waals surface area contributed by atoms with E-state index in [1.165, 1.54) is 12.1 Å². The number of nitrogens with one attached hydrogen (secondary N) is 1. The molecule has 3 rings (SSSR count). The highest BCUT2D eigenvalue weighted by Gasteiger charge is 2.15. The zero-order chi connectivity index (χ0) is 18.5. The molecule has 0 atom stereocenters. The molecule has 0 heterocycles. The van der Waals surface area contributed by atoms with Crippen LogP contribution in [0.3, 0.4) is 0 Å². The quantitative estimate of drug-likeness (QED) is 0.369. The van der Waals surface area contributed by atoms with Gasteiger partial charge in [0.25, 0.3) is 5.69 Å². The van der Waals surface area contributed by atoms with E-state index in [0.29, 0.717) is 23.1 Å².